The lowest BCUT2D eigenvalue weighted by molar-refractivity contribution is -0.128. The van der Waals surface area contributed by atoms with Crippen LogP contribution in [0.15, 0.2) is 18.2 Å². The highest BCUT2D eigenvalue weighted by Gasteiger charge is 2.36. The molecule has 0 aromatic heterocycles. The Morgan fingerprint density at radius 2 is 1.89 bits per heavy atom. The molecule has 0 bridgehead atoms. The van der Waals surface area contributed by atoms with Crippen molar-refractivity contribution < 1.29 is 13.2 Å². The van der Waals surface area contributed by atoms with Crippen molar-refractivity contribution in [3.63, 3.8) is 0 Å². The Labute approximate surface area is 113 Å². The second-order valence-corrected chi connectivity index (χ2v) is 6.90. The molecule has 2 N–H and O–H groups in total. The second-order valence-electron chi connectivity index (χ2n) is 5.06. The van der Waals surface area contributed by atoms with E-state index in [4.69, 9.17) is 5.14 Å². The van der Waals surface area contributed by atoms with Gasteiger partial charge < -0.3 is 4.90 Å². The molecular weight excluding hydrogens is 264 g/mol. The van der Waals surface area contributed by atoms with E-state index in [0.29, 0.717) is 6.54 Å². The maximum absolute atomic E-state index is 11.9. The normalized spacial score (nSPS) is 20.1. The minimum Gasteiger partial charge on any atom is -0.337 e. The van der Waals surface area contributed by atoms with Crippen LogP contribution in [-0.4, -0.2) is 31.0 Å². The topological polar surface area (TPSA) is 80.5 Å². The fourth-order valence-electron chi connectivity index (χ4n) is 2.40. The number of likely N-dealkylation sites (tertiary alicyclic amines) is 1. The number of carbonyl (C=O) groups is 1. The maximum Gasteiger partial charge on any atom is 0.224 e. The highest BCUT2D eigenvalue weighted by atomic mass is 32.2. The first-order valence-corrected chi connectivity index (χ1v) is 7.74. The Morgan fingerprint density at radius 1 is 1.32 bits per heavy atom. The van der Waals surface area contributed by atoms with Gasteiger partial charge >= 0.3 is 0 Å². The fourth-order valence-corrected chi connectivity index (χ4v) is 3.16. The zero-order valence-corrected chi connectivity index (χ0v) is 11.9. The molecule has 1 heterocycles. The molecular formula is C13H18N2O3S. The van der Waals surface area contributed by atoms with E-state index in [0.717, 1.165) is 16.7 Å². The molecule has 1 aliphatic heterocycles. The summed E-state index contributed by atoms with van der Waals surface area (Å²) in [7, 11) is -3.64. The first kappa shape index (κ1) is 14.0. The standard InChI is InChI=1S/C13H18N2O3S/c1-9-4-3-5-10(2)12(9)8-15-7-11(6-13(15)16)19(14,17)18/h3-5,11H,6-8H2,1-2H3,(H2,14,17,18). The number of aryl methyl sites for hydroxylation is 2. The SMILES string of the molecule is Cc1cccc(C)c1CN1CC(S(N)(=O)=O)CC1=O. The maximum atomic E-state index is 11.9. The summed E-state index contributed by atoms with van der Waals surface area (Å²) in [4.78, 5) is 13.4. The summed E-state index contributed by atoms with van der Waals surface area (Å²) in [6.45, 7) is 4.61. The van der Waals surface area contributed by atoms with Crippen LogP contribution < -0.4 is 5.14 Å². The Hall–Kier alpha value is -1.40. The Kier molecular flexibility index (Phi) is 3.64. The van der Waals surface area contributed by atoms with E-state index in [1.165, 1.54) is 0 Å². The van der Waals surface area contributed by atoms with Gasteiger partial charge in [0.2, 0.25) is 15.9 Å². The zero-order valence-electron chi connectivity index (χ0n) is 11.1. The number of nitrogens with zero attached hydrogens (tertiary/aromatic N) is 1. The van der Waals surface area contributed by atoms with Gasteiger partial charge in [0.15, 0.2) is 0 Å². The molecule has 0 aliphatic carbocycles. The van der Waals surface area contributed by atoms with Gasteiger partial charge in [-0.2, -0.15) is 0 Å². The minimum absolute atomic E-state index is 0.0102. The number of carbonyl (C=O) groups excluding carboxylic acids is 1. The molecule has 6 heteroatoms. The molecule has 1 aromatic rings. The molecule has 1 atom stereocenters. The van der Waals surface area contributed by atoms with Gasteiger partial charge in [-0.3, -0.25) is 4.79 Å². The first-order valence-electron chi connectivity index (χ1n) is 6.13. The number of nitrogens with two attached hydrogens (primary N) is 1. The largest absolute Gasteiger partial charge is 0.337 e. The van der Waals surface area contributed by atoms with Gasteiger partial charge in [0.1, 0.15) is 5.25 Å². The van der Waals surface area contributed by atoms with E-state index in [2.05, 4.69) is 0 Å². The average Bonchev–Trinajstić information content (AvgIpc) is 2.65. The number of sulfonamides is 1. The molecule has 1 aromatic carbocycles. The van der Waals surface area contributed by atoms with E-state index in [-0.39, 0.29) is 18.9 Å². The fraction of sp³-hybridized carbons (Fsp3) is 0.462. The van der Waals surface area contributed by atoms with E-state index >= 15 is 0 Å². The Morgan fingerprint density at radius 3 is 2.37 bits per heavy atom. The number of amides is 1. The molecule has 2 rings (SSSR count). The van der Waals surface area contributed by atoms with Crippen LogP contribution in [0.2, 0.25) is 0 Å². The average molecular weight is 282 g/mol. The molecule has 1 saturated heterocycles. The monoisotopic (exact) mass is 282 g/mol. The van der Waals surface area contributed by atoms with Gasteiger partial charge in [0.05, 0.1) is 0 Å². The smallest absolute Gasteiger partial charge is 0.224 e. The summed E-state index contributed by atoms with van der Waals surface area (Å²) in [5.74, 6) is -0.151. The third-order valence-electron chi connectivity index (χ3n) is 3.64. The van der Waals surface area contributed by atoms with Crippen LogP contribution in [0.25, 0.3) is 0 Å². The summed E-state index contributed by atoms with van der Waals surface area (Å²) in [6, 6.07) is 5.94. The van der Waals surface area contributed by atoms with Crippen molar-refractivity contribution >= 4 is 15.9 Å². The third kappa shape index (κ3) is 2.96. The van der Waals surface area contributed by atoms with Gasteiger partial charge in [-0.25, -0.2) is 13.6 Å². The summed E-state index contributed by atoms with van der Waals surface area (Å²) in [5, 5.41) is 4.34. The highest BCUT2D eigenvalue weighted by molar-refractivity contribution is 7.89. The van der Waals surface area contributed by atoms with Crippen molar-refractivity contribution in [2.45, 2.75) is 32.1 Å². The van der Waals surface area contributed by atoms with E-state index in [1.807, 2.05) is 32.0 Å². The van der Waals surface area contributed by atoms with Gasteiger partial charge in [0, 0.05) is 19.5 Å². The highest BCUT2D eigenvalue weighted by Crippen LogP contribution is 2.22. The van der Waals surface area contributed by atoms with Gasteiger partial charge in [-0.15, -0.1) is 0 Å². The predicted octanol–water partition coefficient (Wildman–Crippen LogP) is 0.693. The minimum atomic E-state index is -3.64. The molecule has 0 spiro atoms. The number of rotatable bonds is 3. The van der Waals surface area contributed by atoms with Crippen LogP contribution in [-0.2, 0) is 21.4 Å². The lowest BCUT2D eigenvalue weighted by Crippen LogP contribution is -2.32. The predicted molar refractivity (Wildman–Crippen MR) is 72.8 cm³/mol. The summed E-state index contributed by atoms with van der Waals surface area (Å²) in [6.07, 6.45) is -0.0102. The molecule has 1 aliphatic rings. The van der Waals surface area contributed by atoms with Crippen molar-refractivity contribution in [2.24, 2.45) is 5.14 Å². The summed E-state index contributed by atoms with van der Waals surface area (Å²) >= 11 is 0. The number of primary sulfonamides is 1. The molecule has 5 nitrogen and oxygen atoms in total. The lowest BCUT2D eigenvalue weighted by Gasteiger charge is -2.19. The Balaban J connectivity index is 2.19. The summed E-state index contributed by atoms with van der Waals surface area (Å²) in [5.41, 5.74) is 3.28. The lowest BCUT2D eigenvalue weighted by atomic mass is 10.0. The van der Waals surface area contributed by atoms with Gasteiger partial charge in [0.25, 0.3) is 0 Å². The molecule has 1 unspecified atom stereocenters. The molecule has 0 radical (unpaired) electrons. The van der Waals surface area contributed by atoms with E-state index < -0.39 is 15.3 Å². The van der Waals surface area contributed by atoms with Crippen molar-refractivity contribution in [3.05, 3.63) is 34.9 Å². The molecule has 19 heavy (non-hydrogen) atoms. The number of hydrogen-bond acceptors (Lipinski definition) is 3. The molecule has 1 fully saturated rings. The van der Waals surface area contributed by atoms with Gasteiger partial charge in [-0.1, -0.05) is 18.2 Å². The second kappa shape index (κ2) is 4.94. The van der Waals surface area contributed by atoms with Gasteiger partial charge in [-0.05, 0) is 30.5 Å². The summed E-state index contributed by atoms with van der Waals surface area (Å²) < 4.78 is 22.6. The van der Waals surface area contributed by atoms with Crippen molar-refractivity contribution in [1.82, 2.24) is 4.90 Å². The molecule has 1 amide bonds. The van der Waals surface area contributed by atoms with Crippen LogP contribution >= 0.6 is 0 Å². The van der Waals surface area contributed by atoms with Crippen molar-refractivity contribution in [2.75, 3.05) is 6.54 Å². The van der Waals surface area contributed by atoms with Crippen LogP contribution in [0.4, 0.5) is 0 Å². The number of benzene rings is 1. The van der Waals surface area contributed by atoms with E-state index in [9.17, 15) is 13.2 Å². The first-order chi connectivity index (χ1) is 8.79. The van der Waals surface area contributed by atoms with Crippen molar-refractivity contribution in [3.8, 4) is 0 Å². The van der Waals surface area contributed by atoms with Crippen LogP contribution in [0.3, 0.4) is 0 Å². The van der Waals surface area contributed by atoms with Crippen LogP contribution in [0, 0.1) is 13.8 Å². The van der Waals surface area contributed by atoms with Crippen molar-refractivity contribution in [1.29, 1.82) is 0 Å². The third-order valence-corrected chi connectivity index (χ3v) is 4.88. The Bertz CT molecular complexity index is 590. The van der Waals surface area contributed by atoms with Crippen LogP contribution in [0.5, 0.6) is 0 Å². The zero-order chi connectivity index (χ0) is 14.2. The molecule has 0 saturated carbocycles. The van der Waals surface area contributed by atoms with Crippen LogP contribution in [0.1, 0.15) is 23.1 Å². The molecule has 104 valence electrons. The number of hydrogen-bond donors (Lipinski definition) is 1. The van der Waals surface area contributed by atoms with E-state index in [1.54, 1.807) is 4.90 Å². The quantitative estimate of drug-likeness (QED) is 0.886.